The molecular formula is C19H24FN. The van der Waals surface area contributed by atoms with E-state index in [0.29, 0.717) is 6.04 Å². The van der Waals surface area contributed by atoms with Crippen molar-refractivity contribution in [2.24, 2.45) is 0 Å². The quantitative estimate of drug-likeness (QED) is 0.871. The summed E-state index contributed by atoms with van der Waals surface area (Å²) in [6.45, 7) is 6.31. The van der Waals surface area contributed by atoms with Crippen LogP contribution in [0.5, 0.6) is 0 Å². The lowest BCUT2D eigenvalue weighted by atomic mass is 9.95. The van der Waals surface area contributed by atoms with Gasteiger partial charge in [-0.25, -0.2) is 4.39 Å². The van der Waals surface area contributed by atoms with Gasteiger partial charge in [0.15, 0.2) is 0 Å². The summed E-state index contributed by atoms with van der Waals surface area (Å²) >= 11 is 0. The number of halogens is 1. The van der Waals surface area contributed by atoms with Gasteiger partial charge in [-0.2, -0.15) is 0 Å². The first-order valence-electron chi connectivity index (χ1n) is 7.48. The summed E-state index contributed by atoms with van der Waals surface area (Å²) in [6.07, 6.45) is 1.79. The molecule has 112 valence electrons. The van der Waals surface area contributed by atoms with Crippen LogP contribution in [0.25, 0.3) is 0 Å². The summed E-state index contributed by atoms with van der Waals surface area (Å²) in [5.41, 5.74) is 6.20. The molecule has 1 unspecified atom stereocenters. The fourth-order valence-corrected chi connectivity index (χ4v) is 2.62. The maximum atomic E-state index is 13.4. The van der Waals surface area contributed by atoms with Crippen molar-refractivity contribution in [1.82, 2.24) is 5.32 Å². The van der Waals surface area contributed by atoms with Crippen LogP contribution in [-0.4, -0.2) is 13.1 Å². The van der Waals surface area contributed by atoms with Crippen molar-refractivity contribution in [3.8, 4) is 0 Å². The van der Waals surface area contributed by atoms with Crippen LogP contribution >= 0.6 is 0 Å². The molecule has 1 nitrogen and oxygen atoms in total. The molecule has 0 aromatic heterocycles. The molecule has 0 heterocycles. The predicted octanol–water partition coefficient (Wildman–Crippen LogP) is 4.12. The van der Waals surface area contributed by atoms with Gasteiger partial charge in [-0.3, -0.25) is 0 Å². The Balaban J connectivity index is 2.12. The number of hydrogen-bond acceptors (Lipinski definition) is 1. The van der Waals surface area contributed by atoms with Crippen LogP contribution in [0.2, 0.25) is 0 Å². The van der Waals surface area contributed by atoms with Crippen LogP contribution in [0.1, 0.15) is 27.8 Å². The highest BCUT2D eigenvalue weighted by Gasteiger charge is 2.11. The minimum absolute atomic E-state index is 0.156. The van der Waals surface area contributed by atoms with E-state index >= 15 is 0 Å². The first kappa shape index (κ1) is 15.7. The third-order valence-electron chi connectivity index (χ3n) is 4.24. The Labute approximate surface area is 127 Å². The average molecular weight is 285 g/mol. The zero-order valence-electron chi connectivity index (χ0n) is 13.3. The highest BCUT2D eigenvalue weighted by molar-refractivity contribution is 5.31. The number of aryl methyl sites for hydroxylation is 3. The van der Waals surface area contributed by atoms with E-state index in [0.717, 1.165) is 24.0 Å². The molecule has 2 aromatic carbocycles. The standard InChI is InChI=1S/C19H24FN/c1-13-5-7-16(9-15(13)3)10-19(21-4)12-17-11-18(20)8-6-14(17)2/h5-9,11,19,21H,10,12H2,1-4H3. The largest absolute Gasteiger partial charge is 0.316 e. The molecule has 2 rings (SSSR count). The second-order valence-corrected chi connectivity index (χ2v) is 5.88. The molecule has 0 saturated carbocycles. The molecule has 0 aliphatic carbocycles. The number of nitrogens with one attached hydrogen (secondary N) is 1. The summed E-state index contributed by atoms with van der Waals surface area (Å²) in [5, 5.41) is 3.36. The summed E-state index contributed by atoms with van der Waals surface area (Å²) in [6, 6.07) is 11.9. The smallest absolute Gasteiger partial charge is 0.123 e. The van der Waals surface area contributed by atoms with Crippen LogP contribution in [0.15, 0.2) is 36.4 Å². The maximum absolute atomic E-state index is 13.4. The maximum Gasteiger partial charge on any atom is 0.123 e. The Morgan fingerprint density at radius 1 is 0.905 bits per heavy atom. The summed E-state index contributed by atoms with van der Waals surface area (Å²) in [5.74, 6) is -0.156. The van der Waals surface area contributed by atoms with Crippen molar-refractivity contribution in [3.63, 3.8) is 0 Å². The van der Waals surface area contributed by atoms with Gasteiger partial charge in [0.05, 0.1) is 0 Å². The van der Waals surface area contributed by atoms with Crippen molar-refractivity contribution in [2.75, 3.05) is 7.05 Å². The lowest BCUT2D eigenvalue weighted by molar-refractivity contribution is 0.551. The summed E-state index contributed by atoms with van der Waals surface area (Å²) in [4.78, 5) is 0. The third kappa shape index (κ3) is 4.15. The van der Waals surface area contributed by atoms with Gasteiger partial charge in [0.25, 0.3) is 0 Å². The van der Waals surface area contributed by atoms with Crippen molar-refractivity contribution < 1.29 is 4.39 Å². The molecule has 0 radical (unpaired) electrons. The van der Waals surface area contributed by atoms with Crippen LogP contribution in [0, 0.1) is 26.6 Å². The third-order valence-corrected chi connectivity index (χ3v) is 4.24. The van der Waals surface area contributed by atoms with Crippen molar-refractivity contribution in [2.45, 2.75) is 39.7 Å². The Kier molecular flexibility index (Phi) is 5.13. The second kappa shape index (κ2) is 6.86. The second-order valence-electron chi connectivity index (χ2n) is 5.88. The van der Waals surface area contributed by atoms with Gasteiger partial charge in [-0.15, -0.1) is 0 Å². The van der Waals surface area contributed by atoms with E-state index in [-0.39, 0.29) is 5.82 Å². The highest BCUT2D eigenvalue weighted by Crippen LogP contribution is 2.16. The van der Waals surface area contributed by atoms with Gasteiger partial charge in [-0.05, 0) is 80.6 Å². The number of rotatable bonds is 5. The molecule has 2 heteroatoms. The summed E-state index contributed by atoms with van der Waals surface area (Å²) < 4.78 is 13.4. The lowest BCUT2D eigenvalue weighted by Crippen LogP contribution is -2.30. The van der Waals surface area contributed by atoms with E-state index in [4.69, 9.17) is 0 Å². The molecule has 0 aliphatic heterocycles. The van der Waals surface area contributed by atoms with Gasteiger partial charge in [0, 0.05) is 6.04 Å². The first-order valence-corrected chi connectivity index (χ1v) is 7.48. The molecule has 1 N–H and O–H groups in total. The van der Waals surface area contributed by atoms with E-state index in [1.807, 2.05) is 20.0 Å². The fraction of sp³-hybridized carbons (Fsp3) is 0.368. The normalized spacial score (nSPS) is 12.4. The highest BCUT2D eigenvalue weighted by atomic mass is 19.1. The molecule has 2 aromatic rings. The number of hydrogen-bond donors (Lipinski definition) is 1. The van der Waals surface area contributed by atoms with Crippen LogP contribution in [0.3, 0.4) is 0 Å². The van der Waals surface area contributed by atoms with Crippen molar-refractivity contribution in [1.29, 1.82) is 0 Å². The molecule has 0 bridgehead atoms. The van der Waals surface area contributed by atoms with Gasteiger partial charge in [0.1, 0.15) is 5.82 Å². The number of benzene rings is 2. The molecule has 0 aliphatic rings. The van der Waals surface area contributed by atoms with E-state index < -0.39 is 0 Å². The zero-order valence-corrected chi connectivity index (χ0v) is 13.3. The molecule has 0 spiro atoms. The zero-order chi connectivity index (χ0) is 15.4. The SMILES string of the molecule is CNC(Cc1ccc(C)c(C)c1)Cc1cc(F)ccc1C. The molecule has 0 saturated heterocycles. The number of likely N-dealkylation sites (N-methyl/N-ethyl adjacent to an activating group) is 1. The van der Waals surface area contributed by atoms with Crippen molar-refractivity contribution >= 4 is 0 Å². The van der Waals surface area contributed by atoms with Gasteiger partial charge >= 0.3 is 0 Å². The van der Waals surface area contributed by atoms with Crippen LogP contribution in [-0.2, 0) is 12.8 Å². The Hall–Kier alpha value is -1.67. The van der Waals surface area contributed by atoms with Crippen LogP contribution < -0.4 is 5.32 Å². The molecule has 1 atom stereocenters. The monoisotopic (exact) mass is 285 g/mol. The minimum Gasteiger partial charge on any atom is -0.316 e. The van der Waals surface area contributed by atoms with Crippen molar-refractivity contribution in [3.05, 3.63) is 70.0 Å². The molecule has 21 heavy (non-hydrogen) atoms. The molecule has 0 fully saturated rings. The Bertz CT molecular complexity index is 619. The van der Waals surface area contributed by atoms with E-state index in [9.17, 15) is 4.39 Å². The van der Waals surface area contributed by atoms with Gasteiger partial charge in [0.2, 0.25) is 0 Å². The lowest BCUT2D eigenvalue weighted by Gasteiger charge is -2.18. The van der Waals surface area contributed by atoms with Gasteiger partial charge in [-0.1, -0.05) is 24.3 Å². The average Bonchev–Trinajstić information content (AvgIpc) is 2.46. The minimum atomic E-state index is -0.156. The predicted molar refractivity (Wildman–Crippen MR) is 87.3 cm³/mol. The topological polar surface area (TPSA) is 12.0 Å². The summed E-state index contributed by atoms with van der Waals surface area (Å²) in [7, 11) is 1.97. The van der Waals surface area contributed by atoms with E-state index in [1.54, 1.807) is 6.07 Å². The van der Waals surface area contributed by atoms with Crippen LogP contribution in [0.4, 0.5) is 4.39 Å². The van der Waals surface area contributed by atoms with E-state index in [1.165, 1.54) is 22.8 Å². The fourth-order valence-electron chi connectivity index (χ4n) is 2.62. The molecule has 0 amide bonds. The first-order chi connectivity index (χ1) is 9.99. The Morgan fingerprint density at radius 2 is 1.62 bits per heavy atom. The Morgan fingerprint density at radius 3 is 2.29 bits per heavy atom. The van der Waals surface area contributed by atoms with Gasteiger partial charge < -0.3 is 5.32 Å². The molecular weight excluding hydrogens is 261 g/mol. The van der Waals surface area contributed by atoms with E-state index in [2.05, 4.69) is 37.4 Å².